The number of carbonyl (C=O) groups is 1. The molecule has 0 saturated heterocycles. The minimum Gasteiger partial charge on any atom is -0.467 e. The van der Waals surface area contributed by atoms with E-state index < -0.39 is 20.0 Å². The summed E-state index contributed by atoms with van der Waals surface area (Å²) in [6.07, 6.45) is 5.10. The molecular weight excluding hydrogens is 318 g/mol. The van der Waals surface area contributed by atoms with Crippen molar-refractivity contribution in [1.29, 1.82) is 0 Å². The molecule has 0 amide bonds. The second kappa shape index (κ2) is 9.96. The Kier molecular flexibility index (Phi) is 8.67. The Morgan fingerprint density at radius 1 is 1.17 bits per heavy atom. The van der Waals surface area contributed by atoms with E-state index in [4.69, 9.17) is 9.05 Å². The van der Waals surface area contributed by atoms with Crippen LogP contribution in [0.1, 0.15) is 37.3 Å². The van der Waals surface area contributed by atoms with Gasteiger partial charge in [-0.25, -0.2) is 9.18 Å². The van der Waals surface area contributed by atoms with E-state index in [-0.39, 0.29) is 6.42 Å². The summed E-state index contributed by atoms with van der Waals surface area (Å²) in [4.78, 5) is 11.4. The molecule has 23 heavy (non-hydrogen) atoms. The monoisotopic (exact) mass is 344 g/mol. The number of alkyl halides is 1. The van der Waals surface area contributed by atoms with Crippen molar-refractivity contribution in [2.45, 2.75) is 44.4 Å². The normalized spacial score (nSPS) is 15.4. The Bertz CT molecular complexity index is 484. The number of hydrogen-bond acceptors (Lipinski definition) is 4. The van der Waals surface area contributed by atoms with E-state index in [2.05, 4.69) is 4.74 Å². The maximum absolute atomic E-state index is 14.2. The molecule has 0 spiro atoms. The second-order valence-electron chi connectivity index (χ2n) is 5.60. The van der Waals surface area contributed by atoms with Gasteiger partial charge in [-0.2, -0.15) is 0 Å². The van der Waals surface area contributed by atoms with Crippen LogP contribution in [0.25, 0.3) is 0 Å². The summed E-state index contributed by atoms with van der Waals surface area (Å²) in [6.45, 7) is 1.22. The lowest BCUT2D eigenvalue weighted by Crippen LogP contribution is -2.33. The van der Waals surface area contributed by atoms with Gasteiger partial charge >= 0.3 is 5.97 Å². The average molecular weight is 344 g/mol. The topological polar surface area (TPSA) is 44.8 Å². The summed E-state index contributed by atoms with van der Waals surface area (Å²) in [5.41, 5.74) is -0.307. The molecule has 1 atom stereocenters. The third-order valence-electron chi connectivity index (χ3n) is 3.21. The van der Waals surface area contributed by atoms with Gasteiger partial charge in [0, 0.05) is 26.8 Å². The fourth-order valence-corrected chi connectivity index (χ4v) is 2.76. The molecule has 0 bridgehead atoms. The van der Waals surface area contributed by atoms with Crippen molar-refractivity contribution in [2.75, 3.05) is 21.3 Å². The van der Waals surface area contributed by atoms with Gasteiger partial charge in [0.25, 0.3) is 0 Å². The summed E-state index contributed by atoms with van der Waals surface area (Å²) in [5.74, 6) is -0.862. The van der Waals surface area contributed by atoms with Crippen LogP contribution >= 0.6 is 8.38 Å². The Hall–Kier alpha value is -1.03. The van der Waals surface area contributed by atoms with Crippen molar-refractivity contribution in [3.8, 4) is 0 Å². The van der Waals surface area contributed by atoms with Crippen molar-refractivity contribution in [2.24, 2.45) is 0 Å². The fourth-order valence-electron chi connectivity index (χ4n) is 1.86. The molecule has 1 aliphatic carbocycles. The molecule has 1 unspecified atom stereocenters. The van der Waals surface area contributed by atoms with Crippen LogP contribution in [0.15, 0.2) is 24.3 Å². The van der Waals surface area contributed by atoms with E-state index in [9.17, 15) is 9.18 Å². The number of esters is 1. The van der Waals surface area contributed by atoms with Crippen LogP contribution in [0, 0.1) is 0 Å². The molecule has 1 aromatic rings. The minimum atomic E-state index is -2.03. The fraction of sp³-hybridized carbons (Fsp3) is 0.588. The number of halogens is 1. The van der Waals surface area contributed by atoms with Crippen molar-refractivity contribution in [3.05, 3.63) is 35.4 Å². The molecular formula is C17H26FO4P. The molecule has 1 fully saturated rings. The number of rotatable bonds is 7. The van der Waals surface area contributed by atoms with Crippen molar-refractivity contribution < 1.29 is 23.0 Å². The highest BCUT2D eigenvalue weighted by Gasteiger charge is 2.34. The quantitative estimate of drug-likeness (QED) is 0.543. The molecule has 1 aromatic carbocycles. The van der Waals surface area contributed by atoms with Gasteiger partial charge in [0.2, 0.25) is 5.67 Å². The highest BCUT2D eigenvalue weighted by atomic mass is 31.2. The lowest BCUT2D eigenvalue weighted by molar-refractivity contribution is -0.153. The number of ether oxygens (including phenoxy) is 1. The van der Waals surface area contributed by atoms with Gasteiger partial charge in [-0.15, -0.1) is 0 Å². The third kappa shape index (κ3) is 7.87. The number of benzene rings is 1. The third-order valence-corrected chi connectivity index (χ3v) is 4.65. The number of methoxy groups -OCH3 is 1. The van der Waals surface area contributed by atoms with E-state index >= 15 is 0 Å². The van der Waals surface area contributed by atoms with Crippen molar-refractivity contribution >= 4 is 14.3 Å². The zero-order valence-electron chi connectivity index (χ0n) is 14.3. The van der Waals surface area contributed by atoms with Crippen LogP contribution in [-0.2, 0) is 31.2 Å². The SMILES string of the molecule is C1CC1.COC(=O)C(C)(F)Cc1cccc(CP(OC)OC)c1. The van der Waals surface area contributed by atoms with Gasteiger partial charge in [0.15, 0.2) is 8.38 Å². The molecule has 0 radical (unpaired) electrons. The Morgan fingerprint density at radius 2 is 1.74 bits per heavy atom. The summed E-state index contributed by atoms with van der Waals surface area (Å²) < 4.78 is 29.0. The lowest BCUT2D eigenvalue weighted by Gasteiger charge is -2.18. The largest absolute Gasteiger partial charge is 0.467 e. The molecule has 1 aliphatic rings. The molecule has 0 heterocycles. The summed E-state index contributed by atoms with van der Waals surface area (Å²) >= 11 is 0. The Balaban J connectivity index is 0.000000784. The van der Waals surface area contributed by atoms with Crippen molar-refractivity contribution in [3.63, 3.8) is 0 Å². The van der Waals surface area contributed by atoms with Crippen LogP contribution in [0.3, 0.4) is 0 Å². The predicted octanol–water partition coefficient (Wildman–Crippen LogP) is 4.41. The molecule has 0 aromatic heterocycles. The Labute approximate surface area is 139 Å². The first kappa shape index (κ1) is 20.0. The highest BCUT2D eigenvalue weighted by Crippen LogP contribution is 2.40. The van der Waals surface area contributed by atoms with Gasteiger partial charge in [-0.3, -0.25) is 0 Å². The predicted molar refractivity (Wildman–Crippen MR) is 90.2 cm³/mol. The van der Waals surface area contributed by atoms with Gasteiger partial charge in [0.05, 0.1) is 7.11 Å². The molecule has 4 nitrogen and oxygen atoms in total. The average Bonchev–Trinajstić information content (AvgIpc) is 3.40. The molecule has 130 valence electrons. The van der Waals surface area contributed by atoms with Gasteiger partial charge in [0.1, 0.15) is 0 Å². The lowest BCUT2D eigenvalue weighted by atomic mass is 9.97. The Morgan fingerprint density at radius 3 is 2.22 bits per heavy atom. The maximum Gasteiger partial charge on any atom is 0.343 e. The smallest absolute Gasteiger partial charge is 0.343 e. The van der Waals surface area contributed by atoms with Crippen LogP contribution in [0.2, 0.25) is 0 Å². The summed E-state index contributed by atoms with van der Waals surface area (Å²) in [5, 5.41) is 0. The first-order valence-electron chi connectivity index (χ1n) is 7.64. The number of carbonyl (C=O) groups excluding carboxylic acids is 1. The minimum absolute atomic E-state index is 0.0224. The van der Waals surface area contributed by atoms with E-state index in [0.29, 0.717) is 6.16 Å². The highest BCUT2D eigenvalue weighted by molar-refractivity contribution is 7.46. The maximum atomic E-state index is 14.2. The standard InChI is InChI=1S/C14H20FO4P.C3H6/c1-14(15,13(16)17-2)9-11-6-5-7-12(8-11)10-20(18-3)19-4;1-2-3-1/h5-8H,9-10H2,1-4H3;1-3H2. The zero-order valence-corrected chi connectivity index (χ0v) is 15.2. The molecule has 0 N–H and O–H groups in total. The van der Waals surface area contributed by atoms with E-state index in [1.54, 1.807) is 20.3 Å². The first-order valence-corrected chi connectivity index (χ1v) is 9.00. The van der Waals surface area contributed by atoms with E-state index in [0.717, 1.165) is 11.1 Å². The first-order chi connectivity index (χ1) is 10.9. The molecule has 1 saturated carbocycles. The zero-order chi connectivity index (χ0) is 17.3. The van der Waals surface area contributed by atoms with E-state index in [1.165, 1.54) is 33.3 Å². The van der Waals surface area contributed by atoms with Crippen LogP contribution in [0.4, 0.5) is 4.39 Å². The van der Waals surface area contributed by atoms with Gasteiger partial charge in [-0.1, -0.05) is 43.5 Å². The molecule has 6 heteroatoms. The molecule has 2 rings (SSSR count). The van der Waals surface area contributed by atoms with E-state index in [1.807, 2.05) is 18.2 Å². The van der Waals surface area contributed by atoms with Crippen LogP contribution in [-0.4, -0.2) is 33.0 Å². The summed E-state index contributed by atoms with van der Waals surface area (Å²) in [7, 11) is 3.39. The second-order valence-corrected chi connectivity index (χ2v) is 7.31. The van der Waals surface area contributed by atoms with Crippen LogP contribution < -0.4 is 0 Å². The number of hydrogen-bond donors (Lipinski definition) is 0. The van der Waals surface area contributed by atoms with Gasteiger partial charge < -0.3 is 13.8 Å². The van der Waals surface area contributed by atoms with Crippen LogP contribution in [0.5, 0.6) is 0 Å². The molecule has 0 aliphatic heterocycles. The summed E-state index contributed by atoms with van der Waals surface area (Å²) in [6, 6.07) is 7.39. The van der Waals surface area contributed by atoms with Gasteiger partial charge in [-0.05, 0) is 18.1 Å². The van der Waals surface area contributed by atoms with Crippen molar-refractivity contribution in [1.82, 2.24) is 0 Å².